The van der Waals surface area contributed by atoms with Crippen molar-refractivity contribution in [2.45, 2.75) is 10.1 Å². The molecule has 2 aromatic carbocycles. The lowest BCUT2D eigenvalue weighted by atomic mass is 10.2. The summed E-state index contributed by atoms with van der Waals surface area (Å²) >= 11 is 2.93. The number of aromatic nitrogens is 2. The van der Waals surface area contributed by atoms with E-state index in [0.29, 0.717) is 16.6 Å². The van der Waals surface area contributed by atoms with Gasteiger partial charge in [-0.25, -0.2) is 4.39 Å². The molecule has 25 heavy (non-hydrogen) atoms. The predicted octanol–water partition coefficient (Wildman–Crippen LogP) is 4.73. The Morgan fingerprint density at radius 1 is 1.08 bits per heavy atom. The Balaban J connectivity index is 1.62. The minimum Gasteiger partial charge on any atom is -0.497 e. The summed E-state index contributed by atoms with van der Waals surface area (Å²) in [5, 5.41) is 12.2. The maximum Gasteiger partial charge on any atom is 0.210 e. The Bertz CT molecular complexity index is 840. The summed E-state index contributed by atoms with van der Waals surface area (Å²) in [5.41, 5.74) is 1.69. The molecule has 3 rings (SSSR count). The Labute approximate surface area is 153 Å². The van der Waals surface area contributed by atoms with Crippen LogP contribution in [-0.2, 0) is 5.75 Å². The van der Waals surface area contributed by atoms with Gasteiger partial charge in [0.25, 0.3) is 0 Å². The van der Waals surface area contributed by atoms with Gasteiger partial charge in [0, 0.05) is 17.0 Å². The molecule has 1 N–H and O–H groups in total. The van der Waals surface area contributed by atoms with Crippen molar-refractivity contribution in [3.8, 4) is 11.5 Å². The Kier molecular flexibility index (Phi) is 5.72. The van der Waals surface area contributed by atoms with Crippen LogP contribution in [-0.4, -0.2) is 24.4 Å². The maximum atomic E-state index is 13.4. The summed E-state index contributed by atoms with van der Waals surface area (Å²) in [7, 11) is 3.20. The van der Waals surface area contributed by atoms with Gasteiger partial charge in [-0.15, -0.1) is 10.2 Å². The van der Waals surface area contributed by atoms with Crippen LogP contribution in [0, 0.1) is 5.82 Å². The first-order valence-corrected chi connectivity index (χ1v) is 9.18. The van der Waals surface area contributed by atoms with Crippen LogP contribution in [0.3, 0.4) is 0 Å². The molecule has 0 fully saturated rings. The summed E-state index contributed by atoms with van der Waals surface area (Å²) < 4.78 is 24.6. The second-order valence-corrected chi connectivity index (χ2v) is 7.17. The quantitative estimate of drug-likeness (QED) is 0.601. The molecular weight excluding hydrogens is 361 g/mol. The van der Waals surface area contributed by atoms with E-state index in [2.05, 4.69) is 15.5 Å². The topological polar surface area (TPSA) is 56.3 Å². The number of thioether (sulfide) groups is 1. The van der Waals surface area contributed by atoms with Crippen LogP contribution in [0.4, 0.5) is 15.2 Å². The molecule has 0 radical (unpaired) electrons. The predicted molar refractivity (Wildman–Crippen MR) is 98.7 cm³/mol. The van der Waals surface area contributed by atoms with Crippen molar-refractivity contribution < 1.29 is 13.9 Å². The van der Waals surface area contributed by atoms with E-state index in [9.17, 15) is 4.39 Å². The average Bonchev–Trinajstić information content (AvgIpc) is 3.08. The number of hydrogen-bond donors (Lipinski definition) is 1. The molecule has 5 nitrogen and oxygen atoms in total. The van der Waals surface area contributed by atoms with Gasteiger partial charge in [-0.1, -0.05) is 23.1 Å². The van der Waals surface area contributed by atoms with Crippen molar-refractivity contribution in [2.75, 3.05) is 19.5 Å². The molecule has 3 aromatic rings. The van der Waals surface area contributed by atoms with Crippen LogP contribution in [0.15, 0.2) is 46.8 Å². The largest absolute Gasteiger partial charge is 0.497 e. The highest BCUT2D eigenvalue weighted by atomic mass is 32.2. The van der Waals surface area contributed by atoms with Crippen molar-refractivity contribution in [3.05, 3.63) is 53.8 Å². The standard InChI is InChI=1S/C17H16FN3O2S2/c1-22-14-6-4-13(5-7-14)19-16-20-21-17(25-16)24-10-11-9-12(18)3-8-15(11)23-2/h3-9H,10H2,1-2H3,(H,19,20). The highest BCUT2D eigenvalue weighted by Crippen LogP contribution is 2.32. The number of anilines is 2. The van der Waals surface area contributed by atoms with Crippen LogP contribution in [0.2, 0.25) is 0 Å². The molecular formula is C17H16FN3O2S2. The molecule has 0 unspecified atom stereocenters. The smallest absolute Gasteiger partial charge is 0.210 e. The van der Waals surface area contributed by atoms with Crippen molar-refractivity contribution in [1.29, 1.82) is 0 Å². The Hall–Kier alpha value is -2.32. The van der Waals surface area contributed by atoms with Crippen molar-refractivity contribution in [1.82, 2.24) is 10.2 Å². The van der Waals surface area contributed by atoms with Crippen LogP contribution >= 0.6 is 23.1 Å². The van der Waals surface area contributed by atoms with Gasteiger partial charge in [-0.2, -0.15) is 0 Å². The van der Waals surface area contributed by atoms with E-state index in [-0.39, 0.29) is 5.82 Å². The summed E-state index contributed by atoms with van der Waals surface area (Å²) in [6.45, 7) is 0. The maximum absolute atomic E-state index is 13.4. The van der Waals surface area contributed by atoms with E-state index in [0.717, 1.165) is 21.3 Å². The number of benzene rings is 2. The van der Waals surface area contributed by atoms with Crippen molar-refractivity contribution in [3.63, 3.8) is 0 Å². The van der Waals surface area contributed by atoms with Gasteiger partial charge in [-0.3, -0.25) is 0 Å². The molecule has 0 aliphatic heterocycles. The fourth-order valence-corrected chi connectivity index (χ4v) is 3.87. The number of ether oxygens (including phenoxy) is 2. The van der Waals surface area contributed by atoms with Crippen LogP contribution in [0.1, 0.15) is 5.56 Å². The summed E-state index contributed by atoms with van der Waals surface area (Å²) in [6.07, 6.45) is 0. The Morgan fingerprint density at radius 2 is 1.88 bits per heavy atom. The summed E-state index contributed by atoms with van der Waals surface area (Å²) in [6, 6.07) is 12.0. The highest BCUT2D eigenvalue weighted by molar-refractivity contribution is 8.00. The van der Waals surface area contributed by atoms with E-state index in [1.165, 1.54) is 35.2 Å². The fraction of sp³-hybridized carbons (Fsp3) is 0.176. The molecule has 0 aliphatic rings. The van der Waals surface area contributed by atoms with E-state index >= 15 is 0 Å². The minimum absolute atomic E-state index is 0.282. The number of nitrogens with zero attached hydrogens (tertiary/aromatic N) is 2. The second-order valence-electron chi connectivity index (χ2n) is 4.97. The van der Waals surface area contributed by atoms with E-state index in [1.807, 2.05) is 24.3 Å². The summed E-state index contributed by atoms with van der Waals surface area (Å²) in [4.78, 5) is 0. The molecule has 0 atom stereocenters. The molecule has 130 valence electrons. The van der Waals surface area contributed by atoms with Crippen LogP contribution in [0.25, 0.3) is 0 Å². The zero-order valence-electron chi connectivity index (χ0n) is 13.7. The lowest BCUT2D eigenvalue weighted by Crippen LogP contribution is -1.91. The molecule has 0 amide bonds. The van der Waals surface area contributed by atoms with Crippen molar-refractivity contribution >= 4 is 33.9 Å². The van der Waals surface area contributed by atoms with Gasteiger partial charge in [0.2, 0.25) is 5.13 Å². The lowest BCUT2D eigenvalue weighted by Gasteiger charge is -2.06. The Morgan fingerprint density at radius 3 is 2.60 bits per heavy atom. The SMILES string of the molecule is COc1ccc(Nc2nnc(SCc3cc(F)ccc3OC)s2)cc1. The second kappa shape index (κ2) is 8.17. The first-order chi connectivity index (χ1) is 12.2. The zero-order valence-corrected chi connectivity index (χ0v) is 15.3. The molecule has 0 bridgehead atoms. The fourth-order valence-electron chi connectivity index (χ4n) is 2.12. The normalized spacial score (nSPS) is 10.5. The van der Waals surface area contributed by atoms with Crippen LogP contribution < -0.4 is 14.8 Å². The molecule has 8 heteroatoms. The molecule has 0 aliphatic carbocycles. The molecule has 1 aromatic heterocycles. The lowest BCUT2D eigenvalue weighted by molar-refractivity contribution is 0.410. The molecule has 0 saturated carbocycles. The number of rotatable bonds is 7. The number of nitrogens with one attached hydrogen (secondary N) is 1. The van der Waals surface area contributed by atoms with Gasteiger partial charge in [0.15, 0.2) is 4.34 Å². The number of methoxy groups -OCH3 is 2. The first-order valence-electron chi connectivity index (χ1n) is 7.37. The minimum atomic E-state index is -0.282. The van der Waals surface area contributed by atoms with E-state index in [4.69, 9.17) is 9.47 Å². The number of hydrogen-bond acceptors (Lipinski definition) is 7. The molecule has 0 spiro atoms. The third kappa shape index (κ3) is 4.61. The van der Waals surface area contributed by atoms with Gasteiger partial charge >= 0.3 is 0 Å². The first kappa shape index (κ1) is 17.5. The van der Waals surface area contributed by atoms with Gasteiger partial charge in [0.05, 0.1) is 14.2 Å². The van der Waals surface area contributed by atoms with Gasteiger partial charge < -0.3 is 14.8 Å². The summed E-state index contributed by atoms with van der Waals surface area (Å²) in [5.74, 6) is 1.73. The van der Waals surface area contributed by atoms with Crippen molar-refractivity contribution in [2.24, 2.45) is 0 Å². The zero-order chi connectivity index (χ0) is 17.6. The van der Waals surface area contributed by atoms with E-state index in [1.54, 1.807) is 20.3 Å². The number of halogens is 1. The van der Waals surface area contributed by atoms with Crippen LogP contribution in [0.5, 0.6) is 11.5 Å². The monoisotopic (exact) mass is 377 g/mol. The third-order valence-corrected chi connectivity index (χ3v) is 5.36. The van der Waals surface area contributed by atoms with E-state index < -0.39 is 0 Å². The highest BCUT2D eigenvalue weighted by Gasteiger charge is 2.09. The van der Waals surface area contributed by atoms with Gasteiger partial charge in [0.1, 0.15) is 17.3 Å². The molecule has 0 saturated heterocycles. The third-order valence-electron chi connectivity index (χ3n) is 3.34. The average molecular weight is 377 g/mol. The molecule has 1 heterocycles. The van der Waals surface area contributed by atoms with Gasteiger partial charge in [-0.05, 0) is 42.5 Å².